The average molecular weight is 425 g/mol. The summed E-state index contributed by atoms with van der Waals surface area (Å²) < 4.78 is 55.0. The third kappa shape index (κ3) is 3.53. The Hall–Kier alpha value is -2.73. The van der Waals surface area contributed by atoms with E-state index >= 15 is 0 Å². The molecule has 1 aromatic heterocycles. The molecule has 1 N–H and O–H groups in total. The van der Waals surface area contributed by atoms with Gasteiger partial charge >= 0.3 is 6.03 Å². The lowest BCUT2D eigenvalue weighted by Crippen LogP contribution is -2.47. The number of aliphatic imine (C=N–C) groups is 1. The first-order valence-corrected chi connectivity index (χ1v) is 10.3. The summed E-state index contributed by atoms with van der Waals surface area (Å²) in [5, 5.41) is 2.64. The highest BCUT2D eigenvalue weighted by molar-refractivity contribution is 7.90. The van der Waals surface area contributed by atoms with Crippen molar-refractivity contribution >= 4 is 27.7 Å². The van der Waals surface area contributed by atoms with Crippen LogP contribution in [-0.4, -0.2) is 58.0 Å². The van der Waals surface area contributed by atoms with Crippen LogP contribution in [0.4, 0.5) is 13.6 Å². The van der Waals surface area contributed by atoms with Crippen molar-refractivity contribution in [2.24, 2.45) is 12.0 Å². The van der Waals surface area contributed by atoms with Crippen molar-refractivity contribution < 1.29 is 26.8 Å². The molecule has 1 aromatic rings. The van der Waals surface area contributed by atoms with Crippen molar-refractivity contribution in [3.8, 4) is 0 Å². The number of carbonyl (C=O) groups is 2. The van der Waals surface area contributed by atoms with Crippen molar-refractivity contribution in [1.29, 1.82) is 0 Å². The molecule has 2 heterocycles. The molecule has 2 aliphatic carbocycles. The van der Waals surface area contributed by atoms with Gasteiger partial charge in [0.2, 0.25) is 10.0 Å². The lowest BCUT2D eigenvalue weighted by Gasteiger charge is -2.27. The quantitative estimate of drug-likeness (QED) is 0.728. The molecule has 0 saturated heterocycles. The zero-order chi connectivity index (χ0) is 21.0. The average Bonchev–Trinajstić information content (AvgIpc) is 3.31. The molecule has 3 aliphatic rings. The second-order valence-electron chi connectivity index (χ2n) is 7.20. The van der Waals surface area contributed by atoms with E-state index in [0.29, 0.717) is 5.56 Å². The lowest BCUT2D eigenvalue weighted by molar-refractivity contribution is -0.124. The number of sulfonamides is 1. The molecule has 154 valence electrons. The van der Waals surface area contributed by atoms with Crippen LogP contribution in [0.25, 0.3) is 0 Å². The number of halogens is 2. The Morgan fingerprint density at radius 3 is 2.66 bits per heavy atom. The molecule has 29 heavy (non-hydrogen) atoms. The minimum Gasteiger partial charge on any atom is -0.275 e. The largest absolute Gasteiger partial charge is 0.351 e. The normalized spacial score (nSPS) is 23.2. The Labute approximate surface area is 164 Å². The van der Waals surface area contributed by atoms with E-state index in [9.17, 15) is 26.8 Å². The Balaban J connectivity index is 1.60. The topological polar surface area (TPSA) is 114 Å². The molecule has 0 spiro atoms. The first kappa shape index (κ1) is 19.6. The number of nitrogens with one attached hydrogen (secondary N) is 1. The van der Waals surface area contributed by atoms with Gasteiger partial charge in [0.1, 0.15) is 5.25 Å². The van der Waals surface area contributed by atoms with Gasteiger partial charge in [-0.2, -0.15) is 10.1 Å². The van der Waals surface area contributed by atoms with Crippen LogP contribution in [0.15, 0.2) is 41.2 Å². The van der Waals surface area contributed by atoms with E-state index in [0.717, 1.165) is 11.0 Å². The van der Waals surface area contributed by atoms with Gasteiger partial charge in [0.05, 0.1) is 29.6 Å². The third-order valence-electron chi connectivity index (χ3n) is 4.98. The van der Waals surface area contributed by atoms with E-state index in [4.69, 9.17) is 0 Å². The van der Waals surface area contributed by atoms with Gasteiger partial charge in [0.15, 0.2) is 0 Å². The SMILES string of the molecule is Cn1cc(CN2C(=O)N=C3C=CC(S(=O)(=O)NC4(C(F)F)CC4)C=C3C2=O)cn1. The molecule has 1 saturated carbocycles. The molecule has 1 atom stereocenters. The van der Waals surface area contributed by atoms with Crippen molar-refractivity contribution in [3.05, 3.63) is 41.8 Å². The molecule has 9 nitrogen and oxygen atoms in total. The summed E-state index contributed by atoms with van der Waals surface area (Å²) in [5.74, 6) is -0.705. The number of carbonyl (C=O) groups excluding carboxylic acids is 2. The smallest absolute Gasteiger partial charge is 0.275 e. The number of rotatable bonds is 6. The Morgan fingerprint density at radius 1 is 1.34 bits per heavy atom. The van der Waals surface area contributed by atoms with Crippen LogP contribution in [0.3, 0.4) is 0 Å². The highest BCUT2D eigenvalue weighted by atomic mass is 32.2. The number of fused-ring (bicyclic) bond motifs is 1. The molecule has 12 heteroatoms. The number of aryl methyl sites for hydroxylation is 1. The molecule has 3 amide bonds. The van der Waals surface area contributed by atoms with E-state index in [1.807, 2.05) is 0 Å². The molecule has 1 unspecified atom stereocenters. The van der Waals surface area contributed by atoms with E-state index in [1.54, 1.807) is 13.2 Å². The van der Waals surface area contributed by atoms with Crippen LogP contribution in [0.5, 0.6) is 0 Å². The number of urea groups is 1. The predicted octanol–water partition coefficient (Wildman–Crippen LogP) is 0.905. The number of hydrogen-bond acceptors (Lipinski definition) is 5. The minimum absolute atomic E-state index is 0.0453. The van der Waals surface area contributed by atoms with Crippen molar-refractivity contribution in [1.82, 2.24) is 19.4 Å². The van der Waals surface area contributed by atoms with Crippen LogP contribution in [0.2, 0.25) is 0 Å². The number of aromatic nitrogens is 2. The molecule has 0 radical (unpaired) electrons. The summed E-state index contributed by atoms with van der Waals surface area (Å²) >= 11 is 0. The maximum atomic E-state index is 13.1. The maximum Gasteiger partial charge on any atom is 0.351 e. The number of nitrogens with zero attached hydrogens (tertiary/aromatic N) is 4. The lowest BCUT2D eigenvalue weighted by atomic mass is 10.0. The Kier molecular flexibility index (Phi) is 4.50. The van der Waals surface area contributed by atoms with Crippen LogP contribution >= 0.6 is 0 Å². The van der Waals surface area contributed by atoms with E-state index in [-0.39, 0.29) is 30.7 Å². The summed E-state index contributed by atoms with van der Waals surface area (Å²) in [7, 11) is -2.52. The highest BCUT2D eigenvalue weighted by Gasteiger charge is 2.54. The number of amides is 3. The molecular weight excluding hydrogens is 408 g/mol. The van der Waals surface area contributed by atoms with Gasteiger partial charge in [-0.3, -0.25) is 14.4 Å². The minimum atomic E-state index is -4.20. The fourth-order valence-corrected chi connectivity index (χ4v) is 4.77. The van der Waals surface area contributed by atoms with Crippen molar-refractivity contribution in [3.63, 3.8) is 0 Å². The summed E-state index contributed by atoms with van der Waals surface area (Å²) in [6.07, 6.45) is 4.00. The summed E-state index contributed by atoms with van der Waals surface area (Å²) in [4.78, 5) is 29.8. The highest BCUT2D eigenvalue weighted by Crippen LogP contribution is 2.42. The van der Waals surface area contributed by atoms with Gasteiger partial charge < -0.3 is 0 Å². The Morgan fingerprint density at radius 2 is 2.07 bits per heavy atom. The van der Waals surface area contributed by atoms with Gasteiger partial charge in [-0.05, 0) is 25.0 Å². The van der Waals surface area contributed by atoms with Gasteiger partial charge in [-0.15, -0.1) is 0 Å². The van der Waals surface area contributed by atoms with Gasteiger partial charge in [0, 0.05) is 18.8 Å². The van der Waals surface area contributed by atoms with Gasteiger partial charge in [-0.1, -0.05) is 6.08 Å². The molecule has 1 fully saturated rings. The number of imide groups is 1. The van der Waals surface area contributed by atoms with Gasteiger partial charge in [0.25, 0.3) is 12.3 Å². The van der Waals surface area contributed by atoms with E-state index < -0.39 is 39.2 Å². The summed E-state index contributed by atoms with van der Waals surface area (Å²) in [6.45, 7) is -0.0759. The summed E-state index contributed by atoms with van der Waals surface area (Å²) in [5.41, 5.74) is -1.16. The first-order valence-electron chi connectivity index (χ1n) is 8.75. The van der Waals surface area contributed by atoms with Gasteiger partial charge in [-0.25, -0.2) is 26.7 Å². The number of hydrogen-bond donors (Lipinski definition) is 1. The van der Waals surface area contributed by atoms with Crippen LogP contribution in [0, 0.1) is 0 Å². The van der Waals surface area contributed by atoms with Crippen molar-refractivity contribution in [2.45, 2.75) is 36.6 Å². The molecule has 0 aromatic carbocycles. The number of allylic oxidation sites excluding steroid dienone is 1. The fraction of sp³-hybridized carbons (Fsp3) is 0.412. The molecule has 4 rings (SSSR count). The van der Waals surface area contributed by atoms with E-state index in [1.165, 1.54) is 23.0 Å². The number of alkyl halides is 2. The van der Waals surface area contributed by atoms with Crippen molar-refractivity contribution in [2.75, 3.05) is 0 Å². The standard InChI is InChI=1S/C17H17F2N5O4S/c1-23-8-10(7-20-23)9-24-14(25)12-6-11(2-3-13(12)21-16(24)26)29(27,28)22-17(4-5-17)15(18)19/h2-3,6-8,11,15,22H,4-5,9H2,1H3. The predicted molar refractivity (Wildman–Crippen MR) is 97.6 cm³/mol. The zero-order valence-corrected chi connectivity index (χ0v) is 16.1. The second kappa shape index (κ2) is 6.66. The molecule has 0 bridgehead atoms. The van der Waals surface area contributed by atoms with Crippen LogP contribution in [-0.2, 0) is 28.4 Å². The first-order chi connectivity index (χ1) is 13.6. The fourth-order valence-electron chi connectivity index (χ4n) is 3.17. The summed E-state index contributed by atoms with van der Waals surface area (Å²) in [6, 6.07) is -0.773. The second-order valence-corrected chi connectivity index (χ2v) is 9.04. The maximum absolute atomic E-state index is 13.1. The van der Waals surface area contributed by atoms with Crippen LogP contribution in [0.1, 0.15) is 18.4 Å². The molecule has 1 aliphatic heterocycles. The molecular formula is C17H17F2N5O4S. The van der Waals surface area contributed by atoms with E-state index in [2.05, 4.69) is 14.8 Å². The van der Waals surface area contributed by atoms with Crippen LogP contribution < -0.4 is 4.72 Å². The Bertz CT molecular complexity index is 1090. The third-order valence-corrected chi connectivity index (χ3v) is 6.68. The zero-order valence-electron chi connectivity index (χ0n) is 15.2. The monoisotopic (exact) mass is 425 g/mol.